The molecule has 0 spiro atoms. The molecule has 0 aliphatic carbocycles. The maximum atomic E-state index is 6.09. The zero-order valence-corrected chi connectivity index (χ0v) is 13.1. The van der Waals surface area contributed by atoms with Gasteiger partial charge in [-0.1, -0.05) is 23.7 Å². The molecule has 0 bridgehead atoms. The molecular weight excluding hydrogens is 258 g/mol. The van der Waals surface area contributed by atoms with Gasteiger partial charge in [-0.2, -0.15) is 0 Å². The predicted octanol–water partition coefficient (Wildman–Crippen LogP) is 3.82. The Morgan fingerprint density at radius 2 is 1.84 bits per heavy atom. The molecule has 106 valence electrons. The molecule has 1 aromatic carbocycles. The monoisotopic (exact) mass is 281 g/mol. The number of hydrogen-bond acceptors (Lipinski definition) is 2. The quantitative estimate of drug-likeness (QED) is 0.906. The topological polar surface area (TPSA) is 21.3 Å². The summed E-state index contributed by atoms with van der Waals surface area (Å²) in [6, 6.07) is 8.48. The van der Waals surface area contributed by atoms with Crippen LogP contribution in [0, 0.1) is 0 Å². The van der Waals surface area contributed by atoms with Gasteiger partial charge < -0.3 is 10.1 Å². The third-order valence-electron chi connectivity index (χ3n) is 3.79. The van der Waals surface area contributed by atoms with Crippen LogP contribution in [-0.2, 0) is 11.2 Å². The molecule has 1 aliphatic rings. The van der Waals surface area contributed by atoms with Gasteiger partial charge in [-0.3, -0.25) is 0 Å². The normalized spacial score (nSPS) is 24.6. The van der Waals surface area contributed by atoms with Crippen LogP contribution < -0.4 is 5.32 Å². The molecule has 0 aromatic heterocycles. The minimum Gasteiger partial charge on any atom is -0.368 e. The Morgan fingerprint density at radius 1 is 1.21 bits per heavy atom. The van der Waals surface area contributed by atoms with Crippen molar-refractivity contribution in [1.82, 2.24) is 5.32 Å². The molecule has 3 heteroatoms. The Hall–Kier alpha value is -0.570. The van der Waals surface area contributed by atoms with Crippen molar-refractivity contribution in [2.75, 3.05) is 6.54 Å². The van der Waals surface area contributed by atoms with Crippen molar-refractivity contribution in [2.24, 2.45) is 0 Å². The van der Waals surface area contributed by atoms with Crippen molar-refractivity contribution >= 4 is 11.6 Å². The molecule has 2 rings (SSSR count). The highest BCUT2D eigenvalue weighted by Crippen LogP contribution is 2.37. The van der Waals surface area contributed by atoms with E-state index in [1.807, 2.05) is 12.1 Å². The van der Waals surface area contributed by atoms with E-state index < -0.39 is 0 Å². The van der Waals surface area contributed by atoms with Crippen molar-refractivity contribution in [3.05, 3.63) is 34.9 Å². The zero-order valence-electron chi connectivity index (χ0n) is 12.3. The van der Waals surface area contributed by atoms with Crippen LogP contribution in [-0.4, -0.2) is 23.8 Å². The summed E-state index contributed by atoms with van der Waals surface area (Å²) in [7, 11) is 0. The van der Waals surface area contributed by atoms with E-state index in [2.05, 4.69) is 45.1 Å². The molecule has 1 unspecified atom stereocenters. The largest absolute Gasteiger partial charge is 0.368 e. The molecule has 0 radical (unpaired) electrons. The fraction of sp³-hybridized carbons (Fsp3) is 0.625. The van der Waals surface area contributed by atoms with Crippen molar-refractivity contribution in [3.8, 4) is 0 Å². The molecule has 1 atom stereocenters. The molecule has 1 aromatic rings. The summed E-state index contributed by atoms with van der Waals surface area (Å²) in [6.07, 6.45) is 2.07. The summed E-state index contributed by atoms with van der Waals surface area (Å²) in [6.45, 7) is 9.63. The van der Waals surface area contributed by atoms with Crippen LogP contribution in [0.2, 0.25) is 5.02 Å². The van der Waals surface area contributed by atoms with Gasteiger partial charge in [0.1, 0.15) is 0 Å². The van der Waals surface area contributed by atoms with E-state index in [0.29, 0.717) is 6.04 Å². The van der Waals surface area contributed by atoms with Crippen LogP contribution >= 0.6 is 11.6 Å². The maximum absolute atomic E-state index is 6.09. The van der Waals surface area contributed by atoms with E-state index >= 15 is 0 Å². The first-order chi connectivity index (χ1) is 8.78. The van der Waals surface area contributed by atoms with Crippen molar-refractivity contribution < 1.29 is 4.74 Å². The molecular formula is C16H24ClNO. The van der Waals surface area contributed by atoms with Gasteiger partial charge in [-0.05, 0) is 64.8 Å². The average Bonchev–Trinajstić information content (AvgIpc) is 2.49. The van der Waals surface area contributed by atoms with E-state index in [1.165, 1.54) is 5.56 Å². The molecule has 1 heterocycles. The van der Waals surface area contributed by atoms with E-state index in [9.17, 15) is 0 Å². The van der Waals surface area contributed by atoms with Crippen molar-refractivity contribution in [3.63, 3.8) is 0 Å². The average molecular weight is 282 g/mol. The summed E-state index contributed by atoms with van der Waals surface area (Å²) < 4.78 is 6.09. The summed E-state index contributed by atoms with van der Waals surface area (Å²) >= 11 is 5.89. The highest BCUT2D eigenvalue weighted by atomic mass is 35.5. The first kappa shape index (κ1) is 14.8. The van der Waals surface area contributed by atoms with Crippen LogP contribution in [0.15, 0.2) is 24.3 Å². The second kappa shape index (κ2) is 5.43. The lowest BCUT2D eigenvalue weighted by Crippen LogP contribution is -2.44. The molecule has 1 N–H and O–H groups in total. The summed E-state index contributed by atoms with van der Waals surface area (Å²) in [5.74, 6) is 0. The summed E-state index contributed by atoms with van der Waals surface area (Å²) in [5.41, 5.74) is 1.19. The van der Waals surface area contributed by atoms with Crippen LogP contribution in [0.3, 0.4) is 0 Å². The van der Waals surface area contributed by atoms with Gasteiger partial charge in [0.15, 0.2) is 0 Å². The van der Waals surface area contributed by atoms with E-state index in [4.69, 9.17) is 16.3 Å². The highest BCUT2D eigenvalue weighted by Gasteiger charge is 2.45. The van der Waals surface area contributed by atoms with Gasteiger partial charge >= 0.3 is 0 Å². The molecule has 19 heavy (non-hydrogen) atoms. The molecule has 2 nitrogen and oxygen atoms in total. The number of hydrogen-bond donors (Lipinski definition) is 1. The van der Waals surface area contributed by atoms with E-state index in [-0.39, 0.29) is 11.2 Å². The molecule has 1 fully saturated rings. The van der Waals surface area contributed by atoms with E-state index in [0.717, 1.165) is 24.4 Å². The van der Waals surface area contributed by atoms with Crippen LogP contribution in [0.1, 0.15) is 39.7 Å². The Kier molecular flexibility index (Phi) is 4.24. The van der Waals surface area contributed by atoms with E-state index in [1.54, 1.807) is 0 Å². The molecule has 0 amide bonds. The van der Waals surface area contributed by atoms with Crippen molar-refractivity contribution in [2.45, 2.75) is 57.8 Å². The Balaban J connectivity index is 1.84. The lowest BCUT2D eigenvalue weighted by atomic mass is 9.94. The Bertz CT molecular complexity index is 425. The third kappa shape index (κ3) is 3.95. The Morgan fingerprint density at radius 3 is 2.37 bits per heavy atom. The smallest absolute Gasteiger partial charge is 0.0787 e. The Labute approximate surface area is 121 Å². The first-order valence-electron chi connectivity index (χ1n) is 6.96. The zero-order chi connectivity index (χ0) is 14.1. The first-order valence-corrected chi connectivity index (χ1v) is 7.34. The maximum Gasteiger partial charge on any atom is 0.0787 e. The summed E-state index contributed by atoms with van der Waals surface area (Å²) in [4.78, 5) is 0. The van der Waals surface area contributed by atoms with Gasteiger partial charge in [0.25, 0.3) is 0 Å². The number of rotatable bonds is 4. The minimum atomic E-state index is -0.0938. The molecule has 1 saturated heterocycles. The number of halogens is 1. The predicted molar refractivity (Wildman–Crippen MR) is 80.8 cm³/mol. The minimum absolute atomic E-state index is 0.0264. The fourth-order valence-electron chi connectivity index (χ4n) is 2.92. The van der Waals surface area contributed by atoms with Crippen LogP contribution in [0.4, 0.5) is 0 Å². The second-order valence-electron chi connectivity index (χ2n) is 6.55. The number of ether oxygens (including phenoxy) is 1. The lowest BCUT2D eigenvalue weighted by Gasteiger charge is -2.27. The standard InChI is InChI=1S/C16H24ClNO/c1-15(2)11-14(16(3,4)19-15)18-10-9-12-5-7-13(17)8-6-12/h5-8,14,18H,9-11H2,1-4H3. The van der Waals surface area contributed by atoms with Crippen molar-refractivity contribution in [1.29, 1.82) is 0 Å². The lowest BCUT2D eigenvalue weighted by molar-refractivity contribution is -0.0697. The fourth-order valence-corrected chi connectivity index (χ4v) is 3.05. The van der Waals surface area contributed by atoms with Crippen LogP contribution in [0.25, 0.3) is 0 Å². The second-order valence-corrected chi connectivity index (χ2v) is 6.99. The number of benzene rings is 1. The van der Waals surface area contributed by atoms with Crippen LogP contribution in [0.5, 0.6) is 0 Å². The van der Waals surface area contributed by atoms with Gasteiger partial charge in [0.05, 0.1) is 11.2 Å². The van der Waals surface area contributed by atoms with Gasteiger partial charge in [0, 0.05) is 11.1 Å². The molecule has 0 saturated carbocycles. The third-order valence-corrected chi connectivity index (χ3v) is 4.04. The van der Waals surface area contributed by atoms with Gasteiger partial charge in [-0.15, -0.1) is 0 Å². The van der Waals surface area contributed by atoms with Gasteiger partial charge in [0.2, 0.25) is 0 Å². The summed E-state index contributed by atoms with van der Waals surface area (Å²) in [5, 5.41) is 4.43. The number of nitrogens with one attached hydrogen (secondary N) is 1. The SMILES string of the molecule is CC1(C)CC(NCCc2ccc(Cl)cc2)C(C)(C)O1. The highest BCUT2D eigenvalue weighted by molar-refractivity contribution is 6.30. The van der Waals surface area contributed by atoms with Gasteiger partial charge in [-0.25, -0.2) is 0 Å². The molecule has 1 aliphatic heterocycles.